The van der Waals surface area contributed by atoms with Gasteiger partial charge in [-0.15, -0.1) is 0 Å². The zero-order chi connectivity index (χ0) is 69.6. The molecule has 19 heteroatoms. The van der Waals surface area contributed by atoms with Gasteiger partial charge in [-0.05, 0) is 103 Å². The highest BCUT2D eigenvalue weighted by Crippen LogP contribution is 2.33. The maximum Gasteiger partial charge on any atom is 0.220 e. The summed E-state index contributed by atoms with van der Waals surface area (Å²) in [5.74, 6) is -0.326. The number of nitrogens with one attached hydrogen (secondary N) is 1. The first-order chi connectivity index (χ1) is 46.8. The maximum absolute atomic E-state index is 13.4. The van der Waals surface area contributed by atoms with Crippen LogP contribution >= 0.6 is 0 Å². The Kier molecular flexibility index (Phi) is 51.2. The molecule has 96 heavy (non-hydrogen) atoms. The molecule has 3 rings (SSSR count). The van der Waals surface area contributed by atoms with Crippen molar-refractivity contribution >= 4 is 5.91 Å². The zero-order valence-corrected chi connectivity index (χ0v) is 58.3. The van der Waals surface area contributed by atoms with E-state index in [0.29, 0.717) is 12.8 Å². The molecule has 0 spiro atoms. The van der Waals surface area contributed by atoms with Crippen molar-refractivity contribution in [3.05, 3.63) is 122 Å². The van der Waals surface area contributed by atoms with E-state index in [9.17, 15) is 61.0 Å². The number of unbranched alkanes of at least 4 members (excludes halogenated alkanes) is 21. The number of aliphatic hydroxyl groups excluding tert-OH is 11. The van der Waals surface area contributed by atoms with E-state index in [4.69, 9.17) is 28.4 Å². The smallest absolute Gasteiger partial charge is 0.220 e. The molecule has 1 amide bonds. The van der Waals surface area contributed by atoms with Gasteiger partial charge in [0.15, 0.2) is 18.9 Å². The van der Waals surface area contributed by atoms with E-state index in [-0.39, 0.29) is 12.3 Å². The van der Waals surface area contributed by atoms with Crippen LogP contribution in [0.25, 0.3) is 0 Å². The Balaban J connectivity index is 1.46. The van der Waals surface area contributed by atoms with Gasteiger partial charge in [0, 0.05) is 6.42 Å². The molecule has 3 heterocycles. The molecule has 0 aromatic carbocycles. The van der Waals surface area contributed by atoms with Crippen LogP contribution in [-0.2, 0) is 33.2 Å². The predicted octanol–water partition coefficient (Wildman–Crippen LogP) is 10.8. The molecule has 0 saturated carbocycles. The second-order valence-corrected chi connectivity index (χ2v) is 25.6. The summed E-state index contributed by atoms with van der Waals surface area (Å²) < 4.78 is 34.3. The molecule has 3 aliphatic heterocycles. The second-order valence-electron chi connectivity index (χ2n) is 25.6. The average Bonchev–Trinajstić information content (AvgIpc) is 0.788. The number of hydrogen-bond donors (Lipinski definition) is 12. The Labute approximate surface area is 576 Å². The van der Waals surface area contributed by atoms with Crippen LogP contribution in [0.3, 0.4) is 0 Å². The lowest BCUT2D eigenvalue weighted by Crippen LogP contribution is -2.66. The summed E-state index contributed by atoms with van der Waals surface area (Å²) in [7, 11) is 0. The van der Waals surface area contributed by atoms with E-state index < -0.39 is 131 Å². The van der Waals surface area contributed by atoms with Crippen molar-refractivity contribution in [3.63, 3.8) is 0 Å². The lowest BCUT2D eigenvalue weighted by molar-refractivity contribution is -0.379. The molecule has 3 aliphatic rings. The van der Waals surface area contributed by atoms with E-state index in [0.717, 1.165) is 89.9 Å². The fourth-order valence-corrected chi connectivity index (χ4v) is 11.6. The Morgan fingerprint density at radius 2 is 0.729 bits per heavy atom. The van der Waals surface area contributed by atoms with Gasteiger partial charge in [-0.25, -0.2) is 0 Å². The van der Waals surface area contributed by atoms with Crippen molar-refractivity contribution in [1.82, 2.24) is 5.32 Å². The Morgan fingerprint density at radius 3 is 1.17 bits per heavy atom. The number of hydrogen-bond acceptors (Lipinski definition) is 18. The standard InChI is InChI=1S/C77H129NO18/c1-3-5-7-9-11-13-15-17-19-21-23-25-27-29-31-32-34-36-38-40-42-44-46-48-50-52-54-61(82)60(78-65(83)55-53-51-49-47-45-43-41-39-37-35-33-30-28-26-24-22-20-18-16-14-12-10-8-6-4-2)59-91-75-71(89)68(86)73(63(57-80)93-75)96-77-72(90)69(87)74(64(58-81)94-77)95-76-70(88)67(85)66(84)62(56-79)92-76/h6,8,12,14,18,20,24,26,30,33,36-39,43-46,52,54,60-64,66-77,79-82,84-90H,3-5,7,9-11,13,15-17,19,21-23,25,27-29,31-32,34-35,40-42,47-51,53,55-59H2,1-2H3,(H,78,83)/b8-6-,14-12-,20-18-,26-24-,33-30-,38-36+,39-37-,45-43-,46-44+,54-52+. The second kappa shape index (κ2) is 56.9. The van der Waals surface area contributed by atoms with Crippen molar-refractivity contribution in [2.45, 2.75) is 330 Å². The molecule has 0 aliphatic carbocycles. The summed E-state index contributed by atoms with van der Waals surface area (Å²) >= 11 is 0. The van der Waals surface area contributed by atoms with Crippen LogP contribution in [0, 0.1) is 0 Å². The third-order valence-electron chi connectivity index (χ3n) is 17.5. The molecule has 0 aromatic rings. The lowest BCUT2D eigenvalue weighted by atomic mass is 9.96. The van der Waals surface area contributed by atoms with Gasteiger partial charge >= 0.3 is 0 Å². The zero-order valence-electron chi connectivity index (χ0n) is 58.3. The minimum Gasteiger partial charge on any atom is -0.394 e. The first-order valence-corrected chi connectivity index (χ1v) is 36.8. The molecule has 0 bridgehead atoms. The predicted molar refractivity (Wildman–Crippen MR) is 378 cm³/mol. The Morgan fingerprint density at radius 1 is 0.385 bits per heavy atom. The highest BCUT2D eigenvalue weighted by molar-refractivity contribution is 5.76. The minimum atomic E-state index is -1.99. The Hall–Kier alpha value is -3.81. The number of ether oxygens (including phenoxy) is 6. The minimum absolute atomic E-state index is 0.184. The highest BCUT2D eigenvalue weighted by Gasteiger charge is 2.53. The topological polar surface area (TPSA) is 307 Å². The lowest BCUT2D eigenvalue weighted by Gasteiger charge is -2.48. The van der Waals surface area contributed by atoms with Crippen molar-refractivity contribution in [1.29, 1.82) is 0 Å². The number of carbonyl (C=O) groups excluding carboxylic acids is 1. The van der Waals surface area contributed by atoms with Crippen LogP contribution in [0.15, 0.2) is 122 Å². The first-order valence-electron chi connectivity index (χ1n) is 36.8. The fourth-order valence-electron chi connectivity index (χ4n) is 11.6. The Bertz CT molecular complexity index is 2210. The molecular weight excluding hydrogens is 1230 g/mol. The molecule has 12 N–H and O–H groups in total. The van der Waals surface area contributed by atoms with Gasteiger partial charge in [0.1, 0.15) is 73.2 Å². The molecule has 3 saturated heterocycles. The number of allylic oxidation sites excluding steroid dienone is 19. The van der Waals surface area contributed by atoms with Crippen LogP contribution in [0.1, 0.15) is 226 Å². The summed E-state index contributed by atoms with van der Waals surface area (Å²) in [4.78, 5) is 13.4. The molecule has 19 nitrogen and oxygen atoms in total. The molecule has 0 radical (unpaired) electrons. The van der Waals surface area contributed by atoms with Gasteiger partial charge < -0.3 is 89.9 Å². The van der Waals surface area contributed by atoms with Crippen LogP contribution in [-0.4, -0.2) is 193 Å². The van der Waals surface area contributed by atoms with E-state index in [1.807, 2.05) is 6.08 Å². The average molecular weight is 1360 g/mol. The number of rotatable bonds is 55. The van der Waals surface area contributed by atoms with Crippen molar-refractivity contribution in [2.75, 3.05) is 26.4 Å². The maximum atomic E-state index is 13.4. The summed E-state index contributed by atoms with van der Waals surface area (Å²) in [5, 5.41) is 121. The summed E-state index contributed by atoms with van der Waals surface area (Å²) in [6.45, 7) is 1.56. The van der Waals surface area contributed by atoms with Gasteiger partial charge in [-0.2, -0.15) is 0 Å². The van der Waals surface area contributed by atoms with Crippen molar-refractivity contribution in [2.24, 2.45) is 0 Å². The van der Waals surface area contributed by atoms with Gasteiger partial charge in [0.05, 0.1) is 38.6 Å². The molecule has 17 unspecified atom stereocenters. The van der Waals surface area contributed by atoms with Crippen LogP contribution in [0.5, 0.6) is 0 Å². The molecule has 550 valence electrons. The van der Waals surface area contributed by atoms with Gasteiger partial charge in [-0.3, -0.25) is 4.79 Å². The number of aliphatic hydroxyl groups is 11. The largest absolute Gasteiger partial charge is 0.394 e. The van der Waals surface area contributed by atoms with Crippen LogP contribution in [0.4, 0.5) is 0 Å². The van der Waals surface area contributed by atoms with E-state index in [1.54, 1.807) is 6.08 Å². The van der Waals surface area contributed by atoms with E-state index in [1.165, 1.54) is 103 Å². The molecule has 3 fully saturated rings. The first kappa shape index (κ1) is 86.4. The van der Waals surface area contributed by atoms with E-state index in [2.05, 4.69) is 129 Å². The van der Waals surface area contributed by atoms with Gasteiger partial charge in [0.2, 0.25) is 5.91 Å². The molecule has 0 aromatic heterocycles. The third kappa shape index (κ3) is 37.6. The molecular formula is C77H129NO18. The quantitative estimate of drug-likeness (QED) is 0.0199. The van der Waals surface area contributed by atoms with E-state index >= 15 is 0 Å². The van der Waals surface area contributed by atoms with Crippen LogP contribution in [0.2, 0.25) is 0 Å². The molecule has 17 atom stereocenters. The van der Waals surface area contributed by atoms with Gasteiger partial charge in [0.25, 0.3) is 0 Å². The normalized spacial score (nSPS) is 27.8. The summed E-state index contributed by atoms with van der Waals surface area (Å²) in [5.41, 5.74) is 0. The number of carbonyl (C=O) groups is 1. The number of amides is 1. The fraction of sp³-hybridized carbons (Fsp3) is 0.727. The van der Waals surface area contributed by atoms with Crippen molar-refractivity contribution in [3.8, 4) is 0 Å². The van der Waals surface area contributed by atoms with Crippen LogP contribution < -0.4 is 5.32 Å². The highest BCUT2D eigenvalue weighted by atomic mass is 16.8. The third-order valence-corrected chi connectivity index (χ3v) is 17.5. The summed E-state index contributed by atoms with van der Waals surface area (Å²) in [6.07, 6.45) is 51.7. The monoisotopic (exact) mass is 1360 g/mol. The summed E-state index contributed by atoms with van der Waals surface area (Å²) in [6, 6.07) is -1.03. The van der Waals surface area contributed by atoms with Crippen molar-refractivity contribution < 1.29 is 89.4 Å². The SMILES string of the molecule is CC/C=C\C/C=C\C/C=C\C/C=C\C/C=C\C/C=C\C/C=C\CCCCCC(=O)NC(COC1OC(CO)C(OC2OC(CO)C(OC3OC(CO)C(O)C(O)C3O)C(O)C2O)C(O)C1O)C(O)/C=C/CC/C=C/CC/C=C/CCCCCCCCCCCCCCCCCC. The van der Waals surface area contributed by atoms with Gasteiger partial charge in [-0.1, -0.05) is 238 Å².